The van der Waals surface area contributed by atoms with E-state index in [-0.39, 0.29) is 12.2 Å². The highest BCUT2D eigenvalue weighted by Crippen LogP contribution is 2.37. The molecule has 3 aromatic carbocycles. The predicted octanol–water partition coefficient (Wildman–Crippen LogP) is 5.05. The summed E-state index contributed by atoms with van der Waals surface area (Å²) >= 11 is 8.73. The van der Waals surface area contributed by atoms with Crippen LogP contribution in [0.1, 0.15) is 36.6 Å². The van der Waals surface area contributed by atoms with Crippen molar-refractivity contribution < 1.29 is 38.4 Å². The maximum absolute atomic E-state index is 12.5. The summed E-state index contributed by atoms with van der Waals surface area (Å²) in [6, 6.07) is 15.1. The lowest BCUT2D eigenvalue weighted by Gasteiger charge is -2.28. The summed E-state index contributed by atoms with van der Waals surface area (Å²) in [6.45, 7) is 3.90. The Hall–Kier alpha value is -4.21. The third-order valence-corrected chi connectivity index (χ3v) is 7.66. The van der Waals surface area contributed by atoms with Crippen LogP contribution in [0.5, 0.6) is 23.0 Å². The normalized spacial score (nSPS) is 15.1. The predicted molar refractivity (Wildman–Crippen MR) is 180 cm³/mol. The van der Waals surface area contributed by atoms with Crippen LogP contribution < -0.4 is 35.0 Å². The minimum atomic E-state index is -1.18. The molecular weight excluding hydrogens is 731 g/mol. The number of aliphatic hydroxyl groups excluding tert-OH is 1. The number of amides is 2. The van der Waals surface area contributed by atoms with Gasteiger partial charge in [0.25, 0.3) is 0 Å². The molecule has 0 saturated heterocycles. The van der Waals surface area contributed by atoms with Crippen molar-refractivity contribution in [3.8, 4) is 23.0 Å². The molecule has 1 heterocycles. The minimum Gasteiger partial charge on any atom is -0.493 e. The molecule has 3 aromatic rings. The number of hydrogen-bond donors (Lipinski definition) is 4. The number of allylic oxidation sites excluding steroid dienone is 1. The Morgan fingerprint density at radius 3 is 2.54 bits per heavy atom. The number of ether oxygens (including phenoxy) is 5. The van der Waals surface area contributed by atoms with Crippen molar-refractivity contribution in [2.24, 2.45) is 5.10 Å². The van der Waals surface area contributed by atoms with Gasteiger partial charge in [0.15, 0.2) is 29.2 Å². The number of nitrogens with one attached hydrogen (secondary N) is 3. The van der Waals surface area contributed by atoms with E-state index in [9.17, 15) is 14.7 Å². The van der Waals surface area contributed by atoms with E-state index in [0.717, 1.165) is 9.13 Å². The van der Waals surface area contributed by atoms with Gasteiger partial charge >= 0.3 is 12.0 Å². The van der Waals surface area contributed by atoms with Gasteiger partial charge in [-0.3, -0.25) is 5.43 Å². The van der Waals surface area contributed by atoms with E-state index in [1.165, 1.54) is 20.4 Å². The summed E-state index contributed by atoms with van der Waals surface area (Å²) in [5.74, 6) is 0.965. The van der Waals surface area contributed by atoms with Crippen LogP contribution in [0.25, 0.3) is 0 Å². The zero-order valence-electron chi connectivity index (χ0n) is 25.6. The van der Waals surface area contributed by atoms with Crippen LogP contribution in [-0.2, 0) is 16.1 Å². The number of benzene rings is 3. The number of esters is 1. The first-order valence-electron chi connectivity index (χ1n) is 14.1. The molecule has 0 spiro atoms. The number of nitrogens with zero attached hydrogens (tertiary/aromatic N) is 1. The number of urea groups is 1. The summed E-state index contributed by atoms with van der Waals surface area (Å²) < 4.78 is 29.0. The Morgan fingerprint density at radius 2 is 1.85 bits per heavy atom. The molecule has 2 amide bonds. The van der Waals surface area contributed by atoms with Crippen LogP contribution in [0, 0.1) is 3.57 Å². The first-order valence-corrected chi connectivity index (χ1v) is 15.6. The summed E-state index contributed by atoms with van der Waals surface area (Å²) in [7, 11) is 2.79. The SMILES string of the molecule is CCOc1cc([C@@H]2NC(=O)NC(C)=C2C(=O)OC)ccc1OC[C@@H](O)N/N=C\c1cc(Cl)c(OCc2ccc(I)cc2)c(OC)c1. The molecule has 0 unspecified atom stereocenters. The molecule has 46 heavy (non-hydrogen) atoms. The van der Waals surface area contributed by atoms with Gasteiger partial charge < -0.3 is 39.4 Å². The number of rotatable bonds is 14. The largest absolute Gasteiger partial charge is 0.493 e. The molecule has 14 heteroatoms. The maximum atomic E-state index is 12.5. The van der Waals surface area contributed by atoms with Gasteiger partial charge in [-0.25, -0.2) is 9.59 Å². The first kappa shape index (κ1) is 34.7. The molecule has 1 aliphatic rings. The van der Waals surface area contributed by atoms with E-state index in [4.69, 9.17) is 35.3 Å². The molecule has 0 bridgehead atoms. The fourth-order valence-corrected chi connectivity index (χ4v) is 5.14. The van der Waals surface area contributed by atoms with Crippen molar-refractivity contribution in [3.63, 3.8) is 0 Å². The second-order valence-corrected chi connectivity index (χ2v) is 11.5. The van der Waals surface area contributed by atoms with Crippen molar-refractivity contribution in [2.75, 3.05) is 27.4 Å². The molecule has 0 fully saturated rings. The molecule has 0 aliphatic carbocycles. The van der Waals surface area contributed by atoms with E-state index in [0.29, 0.717) is 58.1 Å². The molecule has 0 saturated carbocycles. The number of hydrogen-bond acceptors (Lipinski definition) is 10. The maximum Gasteiger partial charge on any atom is 0.337 e. The summed E-state index contributed by atoms with van der Waals surface area (Å²) in [4.78, 5) is 24.6. The molecule has 0 radical (unpaired) electrons. The number of methoxy groups -OCH3 is 2. The van der Waals surface area contributed by atoms with Gasteiger partial charge in [-0.2, -0.15) is 5.10 Å². The monoisotopic (exact) mass is 764 g/mol. The summed E-state index contributed by atoms with van der Waals surface area (Å²) in [5, 5.41) is 20.2. The number of carbonyl (C=O) groups is 2. The lowest BCUT2D eigenvalue weighted by molar-refractivity contribution is -0.136. The van der Waals surface area contributed by atoms with Crippen LogP contribution in [0.2, 0.25) is 5.02 Å². The first-order chi connectivity index (χ1) is 22.1. The highest BCUT2D eigenvalue weighted by molar-refractivity contribution is 14.1. The van der Waals surface area contributed by atoms with Crippen LogP contribution in [0.4, 0.5) is 4.79 Å². The van der Waals surface area contributed by atoms with Crippen molar-refractivity contribution in [1.29, 1.82) is 0 Å². The molecule has 1 aliphatic heterocycles. The molecular formula is C32H34ClIN4O8. The fraction of sp³-hybridized carbons (Fsp3) is 0.281. The quantitative estimate of drug-likeness (QED) is 0.0582. The standard InChI is InChI=1S/C32H34ClIN4O8/c1-5-44-25-14-21(29-28(31(40)43-4)18(2)36-32(41)37-29)8-11-24(25)45-17-27(39)38-35-15-20-12-23(33)30(26(13-20)42-3)46-16-19-6-9-22(34)10-7-19/h6-15,27,29,38-39H,5,16-17H2,1-4H3,(H2,36,37,41)/b35-15-/t27-,29+/m1/s1. The number of aliphatic hydroxyl groups is 1. The fourth-order valence-electron chi connectivity index (χ4n) is 4.51. The highest BCUT2D eigenvalue weighted by Gasteiger charge is 2.32. The average Bonchev–Trinajstić information content (AvgIpc) is 3.03. The van der Waals surface area contributed by atoms with Crippen molar-refractivity contribution >= 4 is 52.4 Å². The highest BCUT2D eigenvalue weighted by atomic mass is 127. The van der Waals surface area contributed by atoms with E-state index < -0.39 is 24.3 Å². The Bertz CT molecular complexity index is 1620. The smallest absolute Gasteiger partial charge is 0.337 e. The Kier molecular flexibility index (Phi) is 12.3. The number of halogens is 2. The van der Waals surface area contributed by atoms with Gasteiger partial charge in [-0.15, -0.1) is 0 Å². The van der Waals surface area contributed by atoms with Crippen LogP contribution >= 0.6 is 34.2 Å². The molecule has 4 rings (SSSR count). The van der Waals surface area contributed by atoms with E-state index in [1.54, 1.807) is 37.3 Å². The minimum absolute atomic E-state index is 0.178. The van der Waals surface area contributed by atoms with E-state index in [2.05, 4.69) is 43.8 Å². The van der Waals surface area contributed by atoms with Crippen LogP contribution in [-0.4, -0.2) is 57.0 Å². The average molecular weight is 765 g/mol. The topological polar surface area (TPSA) is 149 Å². The molecule has 4 N–H and O–H groups in total. The second kappa shape index (κ2) is 16.4. The molecule has 0 aromatic heterocycles. The Labute approximate surface area is 285 Å². The van der Waals surface area contributed by atoms with Gasteiger partial charge in [-0.1, -0.05) is 29.8 Å². The lowest BCUT2D eigenvalue weighted by Crippen LogP contribution is -2.45. The number of carbonyl (C=O) groups excluding carboxylic acids is 2. The van der Waals surface area contributed by atoms with Gasteiger partial charge in [-0.05, 0) is 89.5 Å². The van der Waals surface area contributed by atoms with Crippen LogP contribution in [0.15, 0.2) is 71.0 Å². The summed E-state index contributed by atoms with van der Waals surface area (Å²) in [6.07, 6.45) is 0.294. The molecule has 12 nitrogen and oxygen atoms in total. The molecule has 2 atom stereocenters. The van der Waals surface area contributed by atoms with E-state index >= 15 is 0 Å². The summed E-state index contributed by atoms with van der Waals surface area (Å²) in [5.41, 5.74) is 5.43. The lowest BCUT2D eigenvalue weighted by atomic mass is 9.95. The van der Waals surface area contributed by atoms with Gasteiger partial charge in [0, 0.05) is 9.27 Å². The second-order valence-electron chi connectivity index (χ2n) is 9.86. The van der Waals surface area contributed by atoms with Gasteiger partial charge in [0.05, 0.1) is 43.7 Å². The van der Waals surface area contributed by atoms with Gasteiger partial charge in [0.2, 0.25) is 0 Å². The Balaban J connectivity index is 1.38. The van der Waals surface area contributed by atoms with Crippen LogP contribution in [0.3, 0.4) is 0 Å². The zero-order chi connectivity index (χ0) is 33.2. The van der Waals surface area contributed by atoms with Gasteiger partial charge in [0.1, 0.15) is 13.2 Å². The van der Waals surface area contributed by atoms with Crippen molar-refractivity contribution in [2.45, 2.75) is 32.7 Å². The number of hydrazone groups is 1. The third kappa shape index (κ3) is 8.95. The third-order valence-electron chi connectivity index (χ3n) is 6.66. The molecule has 244 valence electrons. The zero-order valence-corrected chi connectivity index (χ0v) is 28.5. The Morgan fingerprint density at radius 1 is 1.09 bits per heavy atom. The van der Waals surface area contributed by atoms with Crippen molar-refractivity contribution in [1.82, 2.24) is 16.1 Å². The van der Waals surface area contributed by atoms with Crippen molar-refractivity contribution in [3.05, 3.63) is 91.2 Å². The van der Waals surface area contributed by atoms with E-state index in [1.807, 2.05) is 31.2 Å².